The van der Waals surface area contributed by atoms with E-state index in [0.717, 1.165) is 12.8 Å². The predicted octanol–water partition coefficient (Wildman–Crippen LogP) is 0.589. The Morgan fingerprint density at radius 2 is 1.85 bits per heavy atom. The second-order valence-corrected chi connectivity index (χ2v) is 9.69. The number of guanidine groups is 1. The number of nitrogens with two attached hydrogens (primary N) is 1. The van der Waals surface area contributed by atoms with Crippen LogP contribution in [0.25, 0.3) is 5.32 Å². The molecular formula is C24H37KN8O. The van der Waals surface area contributed by atoms with Crippen LogP contribution >= 0.6 is 0 Å². The fraction of sp³-hybridized carbons (Fsp3) is 0.500. The second kappa shape index (κ2) is 12.4. The van der Waals surface area contributed by atoms with Gasteiger partial charge in [0.2, 0.25) is 0 Å². The van der Waals surface area contributed by atoms with Crippen LogP contribution in [0.1, 0.15) is 58.6 Å². The van der Waals surface area contributed by atoms with E-state index in [0.29, 0.717) is 22.7 Å². The standard InChI is InChI=1S/C24H37N8O.K/c1-9-20(32(8)17-13-23(3,4)31-24(5,6)14-17)30-29-15(2)18-11-10-16(12-19(18)33)21(25)28-22(26)27-7;/h9-12,17,31H,1,13-14H2,2-8H3,(H4-,25,26,27,28,29,33);/q-1;+1/b30-20+;. The smallest absolute Gasteiger partial charge is 0.507 e. The third kappa shape index (κ3) is 8.28. The number of phenolic OH excluding ortho intramolecular Hbond substituents is 1. The van der Waals surface area contributed by atoms with Crippen molar-refractivity contribution in [2.24, 2.45) is 20.9 Å². The Hall–Kier alpha value is -1.56. The zero-order chi connectivity index (χ0) is 25.0. The van der Waals surface area contributed by atoms with Crippen LogP contribution in [0.5, 0.6) is 5.75 Å². The number of piperidine rings is 1. The summed E-state index contributed by atoms with van der Waals surface area (Å²) in [5.41, 5.74) is 7.03. The van der Waals surface area contributed by atoms with Gasteiger partial charge in [0.1, 0.15) is 5.75 Å². The Bertz CT molecular complexity index is 981. The van der Waals surface area contributed by atoms with Gasteiger partial charge < -0.3 is 31.4 Å². The molecule has 0 aromatic heterocycles. The van der Waals surface area contributed by atoms with E-state index < -0.39 is 0 Å². The number of hydrogen-bond acceptors (Lipinski definition) is 5. The van der Waals surface area contributed by atoms with E-state index in [1.807, 2.05) is 7.05 Å². The fourth-order valence-corrected chi connectivity index (χ4v) is 4.38. The molecule has 1 heterocycles. The average Bonchev–Trinajstić information content (AvgIpc) is 2.71. The number of aromatic hydroxyl groups is 1. The van der Waals surface area contributed by atoms with Gasteiger partial charge in [-0.15, -0.1) is 5.10 Å². The summed E-state index contributed by atoms with van der Waals surface area (Å²) in [6.07, 6.45) is 3.63. The molecule has 10 heteroatoms. The van der Waals surface area contributed by atoms with Crippen LogP contribution in [0.2, 0.25) is 0 Å². The van der Waals surface area contributed by atoms with Gasteiger partial charge in [0.05, 0.1) is 11.5 Å². The first-order chi connectivity index (χ1) is 15.3. The van der Waals surface area contributed by atoms with E-state index in [2.05, 4.69) is 65.0 Å². The Morgan fingerprint density at radius 1 is 1.26 bits per heavy atom. The first-order valence-corrected chi connectivity index (χ1v) is 10.9. The molecule has 1 aromatic rings. The van der Waals surface area contributed by atoms with Crippen LogP contribution in [-0.2, 0) is 0 Å². The number of likely N-dealkylation sites (N-methyl/N-ethyl adjacent to an activating group) is 1. The molecule has 0 aliphatic carbocycles. The maximum atomic E-state index is 10.5. The molecule has 1 aliphatic heterocycles. The molecular weight excluding hydrogens is 455 g/mol. The SMILES string of the molecule is C=C/C(=N\N=C(/C)c1ccc(C(=N)N=C(N)[N-]C)cc1O)N(C)C1CC(C)(C)NC(C)(C)C1.[K+]. The molecule has 34 heavy (non-hydrogen) atoms. The minimum absolute atomic E-state index is 0. The Balaban J connectivity index is 0.00000578. The Morgan fingerprint density at radius 3 is 2.35 bits per heavy atom. The van der Waals surface area contributed by atoms with Crippen molar-refractivity contribution in [3.8, 4) is 5.75 Å². The zero-order valence-electron chi connectivity index (χ0n) is 21.8. The van der Waals surface area contributed by atoms with Crippen molar-refractivity contribution in [3.63, 3.8) is 0 Å². The van der Waals surface area contributed by atoms with Crippen LogP contribution in [0.3, 0.4) is 0 Å². The van der Waals surface area contributed by atoms with Crippen molar-refractivity contribution in [2.45, 2.75) is 64.6 Å². The molecule has 5 N–H and O–H groups in total. The summed E-state index contributed by atoms with van der Waals surface area (Å²) in [4.78, 5) is 5.99. The molecule has 1 fully saturated rings. The summed E-state index contributed by atoms with van der Waals surface area (Å²) in [5, 5.41) is 34.7. The van der Waals surface area contributed by atoms with Gasteiger partial charge in [-0.2, -0.15) is 5.10 Å². The minimum Gasteiger partial charge on any atom is -0.507 e. The van der Waals surface area contributed by atoms with E-state index in [4.69, 9.17) is 11.1 Å². The first-order valence-electron chi connectivity index (χ1n) is 10.9. The molecule has 1 aromatic carbocycles. The van der Waals surface area contributed by atoms with E-state index in [9.17, 15) is 5.11 Å². The quantitative estimate of drug-likeness (QED) is 0.207. The van der Waals surface area contributed by atoms with Gasteiger partial charge in [-0.25, -0.2) is 0 Å². The normalized spacial score (nSPS) is 18.6. The van der Waals surface area contributed by atoms with Crippen molar-refractivity contribution in [2.75, 3.05) is 14.1 Å². The number of phenols is 1. The molecule has 0 radical (unpaired) electrons. The van der Waals surface area contributed by atoms with Crippen LogP contribution in [0, 0.1) is 5.41 Å². The molecule has 0 spiro atoms. The summed E-state index contributed by atoms with van der Waals surface area (Å²) in [6, 6.07) is 5.08. The van der Waals surface area contributed by atoms with Crippen LogP contribution in [-0.4, -0.2) is 64.6 Å². The van der Waals surface area contributed by atoms with Crippen molar-refractivity contribution in [3.05, 3.63) is 47.3 Å². The van der Waals surface area contributed by atoms with Crippen LogP contribution < -0.4 is 62.4 Å². The molecule has 0 saturated carbocycles. The van der Waals surface area contributed by atoms with Gasteiger partial charge in [-0.3, -0.25) is 5.41 Å². The molecule has 2 rings (SSSR count). The molecule has 1 saturated heterocycles. The maximum absolute atomic E-state index is 10.5. The molecule has 9 nitrogen and oxygen atoms in total. The maximum Gasteiger partial charge on any atom is 1.00 e. The molecule has 0 unspecified atom stereocenters. The molecule has 0 amide bonds. The van der Waals surface area contributed by atoms with Crippen molar-refractivity contribution < 1.29 is 56.5 Å². The topological polar surface area (TPSA) is 137 Å². The number of nitrogens with one attached hydrogen (secondary N) is 2. The average molecular weight is 493 g/mol. The monoisotopic (exact) mass is 492 g/mol. The van der Waals surface area contributed by atoms with Gasteiger partial charge in [0.15, 0.2) is 5.84 Å². The van der Waals surface area contributed by atoms with E-state index in [-0.39, 0.29) is 86.0 Å². The van der Waals surface area contributed by atoms with E-state index in [1.54, 1.807) is 25.1 Å². The molecule has 1 aliphatic rings. The molecule has 180 valence electrons. The first kappa shape index (κ1) is 30.5. The number of benzene rings is 1. The van der Waals surface area contributed by atoms with E-state index in [1.165, 1.54) is 13.1 Å². The number of rotatable bonds is 5. The minimum atomic E-state index is -0.0871. The Labute approximate surface area is 246 Å². The number of nitrogens with zero attached hydrogens (tertiary/aromatic N) is 5. The largest absolute Gasteiger partial charge is 1.00 e. The van der Waals surface area contributed by atoms with Crippen molar-refractivity contribution in [1.29, 1.82) is 5.41 Å². The third-order valence-electron chi connectivity index (χ3n) is 5.68. The number of amidine groups is 2. The van der Waals surface area contributed by atoms with Gasteiger partial charge in [-0.1, -0.05) is 12.6 Å². The van der Waals surface area contributed by atoms with Gasteiger partial charge in [0, 0.05) is 41.3 Å². The van der Waals surface area contributed by atoms with Crippen LogP contribution in [0.4, 0.5) is 0 Å². The zero-order valence-corrected chi connectivity index (χ0v) is 24.9. The number of hydrogen-bond donors (Lipinski definition) is 4. The fourth-order valence-electron chi connectivity index (χ4n) is 4.38. The van der Waals surface area contributed by atoms with Crippen molar-refractivity contribution in [1.82, 2.24) is 10.2 Å². The summed E-state index contributed by atoms with van der Waals surface area (Å²) in [7, 11) is 3.51. The second-order valence-electron chi connectivity index (χ2n) is 9.69. The van der Waals surface area contributed by atoms with Gasteiger partial charge in [-0.05, 0) is 72.7 Å². The summed E-state index contributed by atoms with van der Waals surface area (Å²) >= 11 is 0. The summed E-state index contributed by atoms with van der Waals surface area (Å²) in [5.74, 6) is 0.554. The Kier molecular flexibility index (Phi) is 11.1. The van der Waals surface area contributed by atoms with Crippen molar-refractivity contribution >= 4 is 23.3 Å². The van der Waals surface area contributed by atoms with Gasteiger partial charge >= 0.3 is 51.4 Å². The summed E-state index contributed by atoms with van der Waals surface area (Å²) in [6.45, 7) is 14.5. The van der Waals surface area contributed by atoms with E-state index >= 15 is 0 Å². The molecule has 0 bridgehead atoms. The molecule has 0 atom stereocenters. The predicted molar refractivity (Wildman–Crippen MR) is 138 cm³/mol. The van der Waals surface area contributed by atoms with Gasteiger partial charge in [0.25, 0.3) is 0 Å². The number of aliphatic imine (C=N–C) groups is 1. The summed E-state index contributed by atoms with van der Waals surface area (Å²) < 4.78 is 0. The van der Waals surface area contributed by atoms with Crippen LogP contribution in [0.15, 0.2) is 46.0 Å². The third-order valence-corrected chi connectivity index (χ3v) is 5.68.